The Balaban J connectivity index is 2.07. The fourth-order valence-corrected chi connectivity index (χ4v) is 3.55. The minimum absolute atomic E-state index is 0.364. The molecule has 1 nitrogen and oxygen atoms in total. The van der Waals surface area contributed by atoms with E-state index >= 15 is 0 Å². The Morgan fingerprint density at radius 2 is 1.94 bits per heavy atom. The van der Waals surface area contributed by atoms with Gasteiger partial charge < -0.3 is 0 Å². The molecular formula is C16H24ClN. The lowest BCUT2D eigenvalue weighted by atomic mass is 9.92. The lowest BCUT2D eigenvalue weighted by molar-refractivity contribution is 0.0807. The fourth-order valence-electron chi connectivity index (χ4n) is 3.09. The van der Waals surface area contributed by atoms with Crippen molar-refractivity contribution >= 4 is 11.6 Å². The molecule has 0 bridgehead atoms. The second kappa shape index (κ2) is 6.58. The Labute approximate surface area is 116 Å². The normalized spacial score (nSPS) is 29.4. The fraction of sp³-hybridized carbons (Fsp3) is 0.625. The van der Waals surface area contributed by atoms with Crippen LogP contribution in [-0.2, 0) is 6.54 Å². The lowest BCUT2D eigenvalue weighted by Gasteiger charge is -2.42. The summed E-state index contributed by atoms with van der Waals surface area (Å²) in [4.78, 5) is 2.65. The zero-order valence-electron chi connectivity index (χ0n) is 11.5. The van der Waals surface area contributed by atoms with Crippen molar-refractivity contribution in [3.63, 3.8) is 0 Å². The minimum atomic E-state index is 0.364. The van der Waals surface area contributed by atoms with Gasteiger partial charge in [0.2, 0.25) is 0 Å². The Morgan fingerprint density at radius 3 is 2.61 bits per heavy atom. The van der Waals surface area contributed by atoms with Gasteiger partial charge >= 0.3 is 0 Å². The van der Waals surface area contributed by atoms with Crippen molar-refractivity contribution in [2.45, 2.75) is 63.5 Å². The van der Waals surface area contributed by atoms with Crippen molar-refractivity contribution in [3.8, 4) is 0 Å². The van der Waals surface area contributed by atoms with E-state index in [0.717, 1.165) is 19.4 Å². The molecule has 0 radical (unpaired) electrons. The van der Waals surface area contributed by atoms with Crippen LogP contribution >= 0.6 is 11.6 Å². The molecule has 0 aromatic heterocycles. The first-order valence-corrected chi connectivity index (χ1v) is 7.58. The monoisotopic (exact) mass is 265 g/mol. The van der Waals surface area contributed by atoms with Gasteiger partial charge in [-0.25, -0.2) is 0 Å². The van der Waals surface area contributed by atoms with Gasteiger partial charge in [-0.2, -0.15) is 0 Å². The van der Waals surface area contributed by atoms with E-state index in [0.29, 0.717) is 17.5 Å². The molecule has 2 heteroatoms. The maximum Gasteiger partial charge on any atom is 0.0365 e. The van der Waals surface area contributed by atoms with Crippen LogP contribution in [0.15, 0.2) is 30.3 Å². The second-order valence-electron chi connectivity index (χ2n) is 5.52. The van der Waals surface area contributed by atoms with Crippen LogP contribution in [0.1, 0.15) is 45.1 Å². The highest BCUT2D eigenvalue weighted by Crippen LogP contribution is 2.30. The molecule has 0 spiro atoms. The zero-order chi connectivity index (χ0) is 13.0. The van der Waals surface area contributed by atoms with Crippen molar-refractivity contribution in [2.75, 3.05) is 0 Å². The zero-order valence-corrected chi connectivity index (χ0v) is 12.2. The molecule has 3 atom stereocenters. The van der Waals surface area contributed by atoms with E-state index in [4.69, 9.17) is 11.6 Å². The highest BCUT2D eigenvalue weighted by Gasteiger charge is 2.31. The third-order valence-corrected chi connectivity index (χ3v) is 4.35. The van der Waals surface area contributed by atoms with Gasteiger partial charge in [-0.1, -0.05) is 43.7 Å². The van der Waals surface area contributed by atoms with Crippen LogP contribution in [0.4, 0.5) is 0 Å². The molecule has 1 heterocycles. The summed E-state index contributed by atoms with van der Waals surface area (Å²) < 4.78 is 0. The van der Waals surface area contributed by atoms with E-state index in [-0.39, 0.29) is 0 Å². The molecule has 100 valence electrons. The Bertz CT molecular complexity index is 351. The summed E-state index contributed by atoms with van der Waals surface area (Å²) in [5.41, 5.74) is 1.42. The highest BCUT2D eigenvalue weighted by molar-refractivity contribution is 6.20. The molecule has 0 aliphatic carbocycles. The van der Waals surface area contributed by atoms with Crippen LogP contribution in [0.25, 0.3) is 0 Å². The Morgan fingerprint density at radius 1 is 1.22 bits per heavy atom. The number of halogens is 1. The molecule has 0 saturated carbocycles. The van der Waals surface area contributed by atoms with Crippen LogP contribution in [0.3, 0.4) is 0 Å². The minimum Gasteiger partial charge on any atom is -0.293 e. The molecule has 18 heavy (non-hydrogen) atoms. The van der Waals surface area contributed by atoms with Gasteiger partial charge in [-0.05, 0) is 31.7 Å². The van der Waals surface area contributed by atoms with Crippen LogP contribution in [0, 0.1) is 0 Å². The number of likely N-dealkylation sites (tertiary alicyclic amines) is 1. The maximum absolute atomic E-state index is 6.38. The maximum atomic E-state index is 6.38. The number of hydrogen-bond donors (Lipinski definition) is 0. The SMILES string of the molecule is CCC[C@H]1CC(Cl)C[C@@H](C)N1Cc1ccccc1. The van der Waals surface area contributed by atoms with E-state index < -0.39 is 0 Å². The van der Waals surface area contributed by atoms with E-state index in [1.165, 1.54) is 18.4 Å². The van der Waals surface area contributed by atoms with Gasteiger partial charge in [0.15, 0.2) is 0 Å². The highest BCUT2D eigenvalue weighted by atomic mass is 35.5. The van der Waals surface area contributed by atoms with Gasteiger partial charge in [0.25, 0.3) is 0 Å². The van der Waals surface area contributed by atoms with Crippen molar-refractivity contribution in [1.29, 1.82) is 0 Å². The van der Waals surface area contributed by atoms with Gasteiger partial charge in [0.1, 0.15) is 0 Å². The third-order valence-electron chi connectivity index (χ3n) is 3.99. The van der Waals surface area contributed by atoms with E-state index in [1.807, 2.05) is 0 Å². The van der Waals surface area contributed by atoms with Crippen molar-refractivity contribution in [3.05, 3.63) is 35.9 Å². The van der Waals surface area contributed by atoms with Gasteiger partial charge in [0, 0.05) is 24.0 Å². The molecule has 1 fully saturated rings. The van der Waals surface area contributed by atoms with Gasteiger partial charge in [0.05, 0.1) is 0 Å². The van der Waals surface area contributed by atoms with Crippen LogP contribution in [-0.4, -0.2) is 22.4 Å². The molecular weight excluding hydrogens is 242 g/mol. The third kappa shape index (κ3) is 3.49. The summed E-state index contributed by atoms with van der Waals surface area (Å²) in [5.74, 6) is 0. The average Bonchev–Trinajstić information content (AvgIpc) is 2.35. The van der Waals surface area contributed by atoms with Crippen molar-refractivity contribution in [1.82, 2.24) is 4.90 Å². The molecule has 0 amide bonds. The molecule has 1 unspecified atom stereocenters. The smallest absolute Gasteiger partial charge is 0.0365 e. The molecule has 1 aromatic carbocycles. The predicted octanol–water partition coefficient (Wildman–Crippen LogP) is 4.45. The van der Waals surface area contributed by atoms with Crippen LogP contribution in [0.2, 0.25) is 0 Å². The number of piperidine rings is 1. The number of hydrogen-bond acceptors (Lipinski definition) is 1. The van der Waals surface area contributed by atoms with Crippen LogP contribution < -0.4 is 0 Å². The summed E-state index contributed by atoms with van der Waals surface area (Å²) in [6.45, 7) is 5.65. The Hall–Kier alpha value is -0.530. The number of nitrogens with zero attached hydrogens (tertiary/aromatic N) is 1. The molecule has 1 aliphatic heterocycles. The molecule has 1 saturated heterocycles. The topological polar surface area (TPSA) is 3.24 Å². The first kappa shape index (κ1) is 13.9. The summed E-state index contributed by atoms with van der Waals surface area (Å²) in [5, 5.41) is 0.364. The van der Waals surface area contributed by atoms with E-state index in [1.54, 1.807) is 0 Å². The first-order valence-electron chi connectivity index (χ1n) is 7.14. The molecule has 0 N–H and O–H groups in total. The van der Waals surface area contributed by atoms with E-state index in [2.05, 4.69) is 49.1 Å². The summed E-state index contributed by atoms with van der Waals surface area (Å²) in [6, 6.07) is 12.0. The summed E-state index contributed by atoms with van der Waals surface area (Å²) in [6.07, 6.45) is 4.77. The van der Waals surface area contributed by atoms with Gasteiger partial charge in [-0.15, -0.1) is 11.6 Å². The number of benzene rings is 1. The second-order valence-corrected chi connectivity index (χ2v) is 6.14. The molecule has 1 aliphatic rings. The largest absolute Gasteiger partial charge is 0.293 e. The van der Waals surface area contributed by atoms with Crippen molar-refractivity contribution in [2.24, 2.45) is 0 Å². The van der Waals surface area contributed by atoms with Gasteiger partial charge in [-0.3, -0.25) is 4.90 Å². The van der Waals surface area contributed by atoms with Crippen molar-refractivity contribution < 1.29 is 0 Å². The number of rotatable bonds is 4. The predicted molar refractivity (Wildman–Crippen MR) is 79.0 cm³/mol. The number of alkyl halides is 1. The average molecular weight is 266 g/mol. The van der Waals surface area contributed by atoms with E-state index in [9.17, 15) is 0 Å². The first-order chi connectivity index (χ1) is 8.70. The summed E-state index contributed by atoms with van der Waals surface area (Å²) >= 11 is 6.38. The molecule has 1 aromatic rings. The summed E-state index contributed by atoms with van der Waals surface area (Å²) in [7, 11) is 0. The Kier molecular flexibility index (Phi) is 5.08. The molecule has 2 rings (SSSR count). The standard InChI is InChI=1S/C16H24ClN/c1-3-7-16-11-15(17)10-13(2)18(16)12-14-8-5-4-6-9-14/h4-6,8-9,13,15-16H,3,7,10-12H2,1-2H3/t13-,15?,16+/m1/s1. The quantitative estimate of drug-likeness (QED) is 0.727. The van der Waals surface area contributed by atoms with Crippen LogP contribution in [0.5, 0.6) is 0 Å². The lowest BCUT2D eigenvalue weighted by Crippen LogP contribution is -2.47.